The first kappa shape index (κ1) is 27.0. The minimum absolute atomic E-state index is 0.0595. The summed E-state index contributed by atoms with van der Waals surface area (Å²) in [5, 5.41) is 2.93. The number of hydrogen-bond donors (Lipinski definition) is 2. The smallest absolute Gasteiger partial charge is 0.416 e. The summed E-state index contributed by atoms with van der Waals surface area (Å²) in [4.78, 5) is 21.1. The van der Waals surface area contributed by atoms with Crippen molar-refractivity contribution in [3.05, 3.63) is 70.7 Å². The predicted octanol–water partition coefficient (Wildman–Crippen LogP) is 5.60. The Morgan fingerprint density at radius 2 is 2.03 bits per heavy atom. The molecule has 3 rings (SSSR count). The van der Waals surface area contributed by atoms with Crippen molar-refractivity contribution in [2.75, 3.05) is 20.3 Å². The number of halogens is 5. The lowest BCUT2D eigenvalue weighted by molar-refractivity contribution is -0.137. The molecule has 12 heteroatoms. The summed E-state index contributed by atoms with van der Waals surface area (Å²) in [5.41, 5.74) is 4.81. The van der Waals surface area contributed by atoms with Gasteiger partial charge in [-0.25, -0.2) is 9.37 Å². The summed E-state index contributed by atoms with van der Waals surface area (Å²) in [6.45, 7) is -0.703. The van der Waals surface area contributed by atoms with Crippen LogP contribution in [0.15, 0.2) is 58.1 Å². The molecule has 0 saturated heterocycles. The first-order chi connectivity index (χ1) is 17.1. The Hall–Kier alpha value is -3.60. The summed E-state index contributed by atoms with van der Waals surface area (Å²) < 4.78 is 62.9. The number of aliphatic imine (C=N–C) groups is 1. The van der Waals surface area contributed by atoms with E-state index in [4.69, 9.17) is 26.5 Å². The van der Waals surface area contributed by atoms with Crippen molar-refractivity contribution in [3.63, 3.8) is 0 Å². The van der Waals surface area contributed by atoms with Crippen molar-refractivity contribution < 1.29 is 31.5 Å². The van der Waals surface area contributed by atoms with Gasteiger partial charge in [-0.05, 0) is 37.1 Å². The number of rotatable bonds is 10. The summed E-state index contributed by atoms with van der Waals surface area (Å²) in [6.07, 6.45) is -2.62. The Kier molecular flexibility index (Phi) is 8.92. The Labute approximate surface area is 209 Å². The number of amidine groups is 1. The van der Waals surface area contributed by atoms with Gasteiger partial charge in [0, 0.05) is 12.1 Å². The minimum Gasteiger partial charge on any atom is -0.496 e. The average Bonchev–Trinajstić information content (AvgIpc) is 3.35. The molecule has 0 unspecified atom stereocenters. The molecule has 2 aromatic carbocycles. The summed E-state index contributed by atoms with van der Waals surface area (Å²) in [6, 6.07) is 8.52. The number of methoxy groups -OCH3 is 1. The fraction of sp³-hybridized carbons (Fsp3) is 0.292. The molecule has 3 N–H and O–H groups in total. The second-order valence-corrected chi connectivity index (χ2v) is 8.04. The Balaban J connectivity index is 1.88. The van der Waals surface area contributed by atoms with E-state index >= 15 is 0 Å². The number of nitrogens with two attached hydrogens (primary N) is 1. The van der Waals surface area contributed by atoms with E-state index in [2.05, 4.69) is 15.3 Å². The van der Waals surface area contributed by atoms with Gasteiger partial charge < -0.3 is 20.2 Å². The molecule has 0 aliphatic heterocycles. The zero-order chi connectivity index (χ0) is 26.3. The van der Waals surface area contributed by atoms with Crippen molar-refractivity contribution in [2.24, 2.45) is 10.7 Å². The number of ether oxygens (including phenoxy) is 1. The highest BCUT2D eigenvalue weighted by atomic mass is 35.5. The first-order valence-corrected chi connectivity index (χ1v) is 11.1. The van der Waals surface area contributed by atoms with Crippen molar-refractivity contribution in [3.8, 4) is 17.1 Å². The molecule has 1 amide bonds. The van der Waals surface area contributed by atoms with Gasteiger partial charge in [0.25, 0.3) is 5.91 Å². The number of hydrogen-bond acceptors (Lipinski definition) is 5. The number of carbonyl (C=O) groups is 1. The Morgan fingerprint density at radius 1 is 1.28 bits per heavy atom. The maximum absolute atomic E-state index is 13.1. The van der Waals surface area contributed by atoms with E-state index < -0.39 is 30.4 Å². The SMILES string of the molecule is COc1cccc(Cl)c1C(=O)N[C@@H](CCCN=C(N)CF)c1ncc(-c2cccc(C(F)(F)F)c2)o1. The fourth-order valence-electron chi connectivity index (χ4n) is 3.37. The van der Waals surface area contributed by atoms with E-state index in [-0.39, 0.29) is 52.4 Å². The fourth-order valence-corrected chi connectivity index (χ4v) is 3.63. The molecule has 7 nitrogen and oxygen atoms in total. The first-order valence-electron chi connectivity index (χ1n) is 10.8. The van der Waals surface area contributed by atoms with Gasteiger partial charge in [0.05, 0.1) is 29.5 Å². The predicted molar refractivity (Wildman–Crippen MR) is 127 cm³/mol. The van der Waals surface area contributed by atoms with Crippen molar-refractivity contribution >= 4 is 23.3 Å². The molecular weight excluding hydrogens is 504 g/mol. The van der Waals surface area contributed by atoms with E-state index in [1.807, 2.05) is 0 Å². The van der Waals surface area contributed by atoms with Gasteiger partial charge in [-0.1, -0.05) is 29.8 Å². The maximum Gasteiger partial charge on any atom is 0.416 e. The number of benzene rings is 2. The largest absolute Gasteiger partial charge is 0.496 e. The lowest BCUT2D eigenvalue weighted by Crippen LogP contribution is -2.29. The van der Waals surface area contributed by atoms with Crippen LogP contribution in [0.4, 0.5) is 17.6 Å². The summed E-state index contributed by atoms with van der Waals surface area (Å²) >= 11 is 6.21. The molecule has 0 aliphatic carbocycles. The van der Waals surface area contributed by atoms with Gasteiger partial charge in [0.2, 0.25) is 5.89 Å². The number of alkyl halides is 4. The molecule has 1 heterocycles. The van der Waals surface area contributed by atoms with Crippen LogP contribution in [0.5, 0.6) is 5.75 Å². The Morgan fingerprint density at radius 3 is 2.72 bits per heavy atom. The van der Waals surface area contributed by atoms with Crippen LogP contribution in [0.1, 0.15) is 40.7 Å². The van der Waals surface area contributed by atoms with E-state index in [0.29, 0.717) is 6.42 Å². The highest BCUT2D eigenvalue weighted by Crippen LogP contribution is 2.33. The zero-order valence-electron chi connectivity index (χ0n) is 19.1. The van der Waals surface area contributed by atoms with Crippen LogP contribution in [0.3, 0.4) is 0 Å². The quantitative estimate of drug-likeness (QED) is 0.155. The number of oxazole rings is 1. The van der Waals surface area contributed by atoms with Crippen LogP contribution in [0.25, 0.3) is 11.3 Å². The van der Waals surface area contributed by atoms with Crippen LogP contribution in [0, 0.1) is 0 Å². The molecule has 1 aromatic heterocycles. The van der Waals surface area contributed by atoms with Gasteiger partial charge in [-0.2, -0.15) is 13.2 Å². The monoisotopic (exact) mass is 526 g/mol. The van der Waals surface area contributed by atoms with Crippen LogP contribution in [-0.4, -0.2) is 37.1 Å². The zero-order valence-corrected chi connectivity index (χ0v) is 19.9. The van der Waals surface area contributed by atoms with E-state index in [1.54, 1.807) is 12.1 Å². The molecular formula is C24H23ClF4N4O3. The second-order valence-electron chi connectivity index (χ2n) is 7.63. The molecule has 192 valence electrons. The highest BCUT2D eigenvalue weighted by molar-refractivity contribution is 6.34. The van der Waals surface area contributed by atoms with Crippen molar-refractivity contribution in [2.45, 2.75) is 25.1 Å². The third-order valence-electron chi connectivity index (χ3n) is 5.13. The third-order valence-corrected chi connectivity index (χ3v) is 5.44. The van der Waals surface area contributed by atoms with Crippen LogP contribution >= 0.6 is 11.6 Å². The third kappa shape index (κ3) is 6.75. The number of nitrogens with zero attached hydrogens (tertiary/aromatic N) is 2. The lowest BCUT2D eigenvalue weighted by Gasteiger charge is -2.17. The molecule has 0 saturated carbocycles. The van der Waals surface area contributed by atoms with E-state index in [0.717, 1.165) is 12.1 Å². The van der Waals surface area contributed by atoms with Gasteiger partial charge in [0.15, 0.2) is 5.76 Å². The van der Waals surface area contributed by atoms with Gasteiger partial charge in [-0.15, -0.1) is 0 Å². The van der Waals surface area contributed by atoms with Crippen LogP contribution in [-0.2, 0) is 6.18 Å². The van der Waals surface area contributed by atoms with Gasteiger partial charge in [0.1, 0.15) is 24.3 Å². The standard InChI is InChI=1S/C24H23ClF4N4O3/c1-35-18-9-3-7-16(25)21(18)22(34)33-17(8-4-10-31-20(30)12-26)23-32-13-19(36-23)14-5-2-6-15(11-14)24(27,28)29/h2-3,5-7,9,11,13,17H,4,8,10,12H2,1H3,(H2,30,31)(H,33,34)/t17-/m0/s1. The molecule has 3 aromatic rings. The molecule has 0 fully saturated rings. The van der Waals surface area contributed by atoms with Crippen molar-refractivity contribution in [1.82, 2.24) is 10.3 Å². The van der Waals surface area contributed by atoms with Gasteiger partial charge >= 0.3 is 6.18 Å². The lowest BCUT2D eigenvalue weighted by atomic mass is 10.1. The topological polar surface area (TPSA) is 103 Å². The summed E-state index contributed by atoms with van der Waals surface area (Å²) in [5.74, 6) is -0.335. The van der Waals surface area contributed by atoms with Crippen molar-refractivity contribution in [1.29, 1.82) is 0 Å². The molecule has 0 spiro atoms. The molecule has 0 radical (unpaired) electrons. The normalized spacial score (nSPS) is 12.9. The molecule has 36 heavy (non-hydrogen) atoms. The molecule has 1 atom stereocenters. The van der Waals surface area contributed by atoms with Crippen LogP contribution < -0.4 is 15.8 Å². The summed E-state index contributed by atoms with van der Waals surface area (Å²) in [7, 11) is 1.39. The average molecular weight is 527 g/mol. The van der Waals surface area contributed by atoms with E-state index in [1.165, 1.54) is 31.5 Å². The Bertz CT molecular complexity index is 1230. The minimum atomic E-state index is -4.52. The molecule has 0 aliphatic rings. The van der Waals surface area contributed by atoms with Crippen LogP contribution in [0.2, 0.25) is 5.02 Å². The highest BCUT2D eigenvalue weighted by Gasteiger charge is 2.31. The van der Waals surface area contributed by atoms with Gasteiger partial charge in [-0.3, -0.25) is 9.79 Å². The number of nitrogens with one attached hydrogen (secondary N) is 1. The number of aromatic nitrogens is 1. The number of amides is 1. The molecule has 0 bridgehead atoms. The maximum atomic E-state index is 13.1. The second kappa shape index (κ2) is 11.9. The van der Waals surface area contributed by atoms with E-state index in [9.17, 15) is 22.4 Å². The number of carbonyl (C=O) groups excluding carboxylic acids is 1.